The van der Waals surface area contributed by atoms with E-state index in [1.807, 2.05) is 19.2 Å². The lowest BCUT2D eigenvalue weighted by Gasteiger charge is -2.08. The number of nitrogens with one attached hydrogen (secondary N) is 2. The van der Waals surface area contributed by atoms with Crippen LogP contribution in [-0.4, -0.2) is 24.0 Å². The standard InChI is InChI=1S/C16H19F3N4S/c1-3-20-15(21-4-2)22-9-13-10-24-14(23-13)11-5-7-12(8-6-11)16(17,18)19/h5-8,10H,3-4,9H2,1-2H3,(H2,20,21,22). The van der Waals surface area contributed by atoms with E-state index in [0.717, 1.165) is 30.9 Å². The van der Waals surface area contributed by atoms with Gasteiger partial charge in [0.1, 0.15) is 5.01 Å². The van der Waals surface area contributed by atoms with Crippen molar-refractivity contribution in [3.63, 3.8) is 0 Å². The largest absolute Gasteiger partial charge is 0.416 e. The monoisotopic (exact) mass is 356 g/mol. The summed E-state index contributed by atoms with van der Waals surface area (Å²) in [7, 11) is 0. The number of nitrogens with zero attached hydrogens (tertiary/aromatic N) is 2. The summed E-state index contributed by atoms with van der Waals surface area (Å²) in [5.74, 6) is 0.712. The molecule has 0 spiro atoms. The maximum Gasteiger partial charge on any atom is 0.416 e. The highest BCUT2D eigenvalue weighted by Gasteiger charge is 2.30. The molecule has 0 radical (unpaired) electrons. The van der Waals surface area contributed by atoms with E-state index in [1.54, 1.807) is 0 Å². The van der Waals surface area contributed by atoms with Crippen LogP contribution in [0, 0.1) is 0 Å². The van der Waals surface area contributed by atoms with Gasteiger partial charge < -0.3 is 10.6 Å². The molecule has 130 valence electrons. The summed E-state index contributed by atoms with van der Waals surface area (Å²) in [5, 5.41) is 8.79. The second-order valence-corrected chi connectivity index (χ2v) is 5.80. The number of aliphatic imine (C=N–C) groups is 1. The highest BCUT2D eigenvalue weighted by atomic mass is 32.1. The Kier molecular flexibility index (Phi) is 6.19. The van der Waals surface area contributed by atoms with E-state index in [4.69, 9.17) is 0 Å². The number of alkyl halides is 3. The third kappa shape index (κ3) is 4.95. The summed E-state index contributed by atoms with van der Waals surface area (Å²) in [6.45, 7) is 5.91. The van der Waals surface area contributed by atoms with Crippen molar-refractivity contribution in [2.24, 2.45) is 4.99 Å². The lowest BCUT2D eigenvalue weighted by atomic mass is 10.1. The molecule has 0 fully saturated rings. The molecule has 0 saturated heterocycles. The lowest BCUT2D eigenvalue weighted by Crippen LogP contribution is -2.36. The lowest BCUT2D eigenvalue weighted by molar-refractivity contribution is -0.137. The van der Waals surface area contributed by atoms with Crippen molar-refractivity contribution in [2.75, 3.05) is 13.1 Å². The van der Waals surface area contributed by atoms with Gasteiger partial charge in [-0.1, -0.05) is 12.1 Å². The Hall–Kier alpha value is -2.09. The summed E-state index contributed by atoms with van der Waals surface area (Å²) >= 11 is 1.39. The van der Waals surface area contributed by atoms with Gasteiger partial charge in [-0.2, -0.15) is 13.2 Å². The van der Waals surface area contributed by atoms with Crippen LogP contribution < -0.4 is 10.6 Å². The molecule has 0 atom stereocenters. The van der Waals surface area contributed by atoms with Crippen LogP contribution in [0.5, 0.6) is 0 Å². The van der Waals surface area contributed by atoms with Crippen LogP contribution in [-0.2, 0) is 12.7 Å². The molecule has 4 nitrogen and oxygen atoms in total. The first kappa shape index (κ1) is 18.3. The van der Waals surface area contributed by atoms with Crippen LogP contribution >= 0.6 is 11.3 Å². The maximum absolute atomic E-state index is 12.6. The van der Waals surface area contributed by atoms with Gasteiger partial charge in [0.25, 0.3) is 0 Å². The topological polar surface area (TPSA) is 49.3 Å². The molecule has 1 aromatic heterocycles. The van der Waals surface area contributed by atoms with Gasteiger partial charge in [-0.15, -0.1) is 11.3 Å². The predicted octanol–water partition coefficient (Wildman–Crippen LogP) is 3.90. The van der Waals surface area contributed by atoms with Crippen molar-refractivity contribution in [1.82, 2.24) is 15.6 Å². The van der Waals surface area contributed by atoms with Gasteiger partial charge in [-0.3, -0.25) is 0 Å². The van der Waals surface area contributed by atoms with E-state index >= 15 is 0 Å². The van der Waals surface area contributed by atoms with E-state index in [1.165, 1.54) is 23.5 Å². The number of aromatic nitrogens is 1. The van der Waals surface area contributed by atoms with Gasteiger partial charge in [-0.05, 0) is 26.0 Å². The van der Waals surface area contributed by atoms with E-state index in [0.29, 0.717) is 23.1 Å². The molecule has 2 rings (SSSR count). The molecule has 0 saturated carbocycles. The quantitative estimate of drug-likeness (QED) is 0.631. The van der Waals surface area contributed by atoms with E-state index in [9.17, 15) is 13.2 Å². The Balaban J connectivity index is 2.08. The first-order chi connectivity index (χ1) is 11.4. The van der Waals surface area contributed by atoms with Crippen molar-refractivity contribution in [3.8, 4) is 10.6 Å². The van der Waals surface area contributed by atoms with E-state index in [2.05, 4.69) is 20.6 Å². The molecule has 0 aliphatic carbocycles. The number of halogens is 3. The Morgan fingerprint density at radius 3 is 2.29 bits per heavy atom. The third-order valence-electron chi connectivity index (χ3n) is 3.10. The molecule has 0 aliphatic heterocycles. The smallest absolute Gasteiger partial charge is 0.357 e. The zero-order valence-electron chi connectivity index (χ0n) is 13.4. The Bertz CT molecular complexity index is 669. The number of thiazole rings is 1. The van der Waals surface area contributed by atoms with Crippen LogP contribution in [0.25, 0.3) is 10.6 Å². The number of guanidine groups is 1. The second-order valence-electron chi connectivity index (χ2n) is 4.94. The maximum atomic E-state index is 12.6. The van der Waals surface area contributed by atoms with Crippen LogP contribution in [0.1, 0.15) is 25.1 Å². The molecular weight excluding hydrogens is 337 g/mol. The first-order valence-corrected chi connectivity index (χ1v) is 8.46. The molecule has 2 N–H and O–H groups in total. The van der Waals surface area contributed by atoms with Crippen LogP contribution in [0.15, 0.2) is 34.6 Å². The van der Waals surface area contributed by atoms with Gasteiger partial charge in [0, 0.05) is 24.0 Å². The van der Waals surface area contributed by atoms with Crippen molar-refractivity contribution >= 4 is 17.3 Å². The summed E-state index contributed by atoms with van der Waals surface area (Å²) in [4.78, 5) is 8.86. The Morgan fingerprint density at radius 1 is 1.12 bits per heavy atom. The van der Waals surface area contributed by atoms with Gasteiger partial charge in [-0.25, -0.2) is 9.98 Å². The number of hydrogen-bond donors (Lipinski definition) is 2. The normalized spacial score (nSPS) is 11.2. The third-order valence-corrected chi connectivity index (χ3v) is 4.04. The minimum atomic E-state index is -4.32. The first-order valence-electron chi connectivity index (χ1n) is 7.58. The van der Waals surface area contributed by atoms with Crippen LogP contribution in [0.3, 0.4) is 0 Å². The minimum absolute atomic E-state index is 0.409. The van der Waals surface area contributed by atoms with Crippen molar-refractivity contribution in [2.45, 2.75) is 26.6 Å². The molecule has 0 amide bonds. The molecule has 0 aliphatic rings. The highest BCUT2D eigenvalue weighted by molar-refractivity contribution is 7.13. The van der Waals surface area contributed by atoms with E-state index < -0.39 is 11.7 Å². The highest BCUT2D eigenvalue weighted by Crippen LogP contribution is 2.31. The van der Waals surface area contributed by atoms with Gasteiger partial charge in [0.05, 0.1) is 17.8 Å². The van der Waals surface area contributed by atoms with Crippen molar-refractivity contribution < 1.29 is 13.2 Å². The molecular formula is C16H19F3N4S. The summed E-state index contributed by atoms with van der Waals surface area (Å²) in [5.41, 5.74) is 0.790. The zero-order chi connectivity index (χ0) is 17.6. The fourth-order valence-corrected chi connectivity index (χ4v) is 2.80. The fourth-order valence-electron chi connectivity index (χ4n) is 1.98. The number of benzene rings is 1. The van der Waals surface area contributed by atoms with Gasteiger partial charge >= 0.3 is 6.18 Å². The average molecular weight is 356 g/mol. The molecule has 24 heavy (non-hydrogen) atoms. The van der Waals surface area contributed by atoms with Gasteiger partial charge in [0.15, 0.2) is 5.96 Å². The minimum Gasteiger partial charge on any atom is -0.357 e. The number of rotatable bonds is 5. The number of hydrogen-bond acceptors (Lipinski definition) is 3. The summed E-state index contributed by atoms with van der Waals surface area (Å²) in [6.07, 6.45) is -4.32. The Labute approximate surface area is 142 Å². The molecule has 0 bridgehead atoms. The van der Waals surface area contributed by atoms with Gasteiger partial charge in [0.2, 0.25) is 0 Å². The van der Waals surface area contributed by atoms with Crippen molar-refractivity contribution in [1.29, 1.82) is 0 Å². The van der Waals surface area contributed by atoms with Crippen molar-refractivity contribution in [3.05, 3.63) is 40.9 Å². The van der Waals surface area contributed by atoms with E-state index in [-0.39, 0.29) is 0 Å². The SMILES string of the molecule is CCNC(=NCc1csc(-c2ccc(C(F)(F)F)cc2)n1)NCC. The Morgan fingerprint density at radius 2 is 1.75 bits per heavy atom. The average Bonchev–Trinajstić information content (AvgIpc) is 3.01. The molecule has 0 unspecified atom stereocenters. The molecule has 1 aromatic carbocycles. The summed E-state index contributed by atoms with van der Waals surface area (Å²) in [6, 6.07) is 5.03. The molecule has 8 heteroatoms. The fraction of sp³-hybridized carbons (Fsp3) is 0.375. The molecule has 1 heterocycles. The predicted molar refractivity (Wildman–Crippen MR) is 91.0 cm³/mol. The molecule has 2 aromatic rings. The van der Waals surface area contributed by atoms with Crippen LogP contribution in [0.2, 0.25) is 0 Å². The second kappa shape index (κ2) is 8.14. The zero-order valence-corrected chi connectivity index (χ0v) is 14.3. The summed E-state index contributed by atoms with van der Waals surface area (Å²) < 4.78 is 37.8. The van der Waals surface area contributed by atoms with Crippen LogP contribution in [0.4, 0.5) is 13.2 Å².